The number of hydrogen-bond acceptors (Lipinski definition) is 5. The zero-order chi connectivity index (χ0) is 15.0. The second-order valence-electron chi connectivity index (χ2n) is 6.10. The summed E-state index contributed by atoms with van der Waals surface area (Å²) in [6.07, 6.45) is 7.94. The van der Waals surface area contributed by atoms with E-state index in [2.05, 4.69) is 25.7 Å². The van der Waals surface area contributed by atoms with Gasteiger partial charge in [-0.25, -0.2) is 14.6 Å². The molecule has 1 spiro atoms. The zero-order valence-electron chi connectivity index (χ0n) is 12.2. The monoisotopic (exact) mass is 298 g/mol. The van der Waals surface area contributed by atoms with E-state index < -0.39 is 0 Å². The Morgan fingerprint density at radius 2 is 2.23 bits per heavy atom. The quantitative estimate of drug-likeness (QED) is 0.882. The fraction of sp³-hybridized carbons (Fsp3) is 0.467. The smallest absolute Gasteiger partial charge is 0.228 e. The van der Waals surface area contributed by atoms with Crippen molar-refractivity contribution in [2.75, 3.05) is 18.4 Å². The van der Waals surface area contributed by atoms with Crippen LogP contribution < -0.4 is 10.6 Å². The molecule has 1 aliphatic carbocycles. The molecule has 2 fully saturated rings. The highest BCUT2D eigenvalue weighted by molar-refractivity contribution is 5.95. The van der Waals surface area contributed by atoms with Crippen LogP contribution in [-0.4, -0.2) is 38.7 Å². The molecule has 0 radical (unpaired) electrons. The molecule has 0 aromatic carbocycles. The Morgan fingerprint density at radius 1 is 1.36 bits per heavy atom. The summed E-state index contributed by atoms with van der Waals surface area (Å²) >= 11 is 0. The van der Waals surface area contributed by atoms with Crippen molar-refractivity contribution >= 4 is 11.6 Å². The number of amides is 1. The first kappa shape index (κ1) is 13.4. The van der Waals surface area contributed by atoms with E-state index >= 15 is 0 Å². The van der Waals surface area contributed by atoms with Crippen LogP contribution in [0, 0.1) is 11.3 Å². The van der Waals surface area contributed by atoms with E-state index in [1.807, 2.05) is 12.1 Å². The van der Waals surface area contributed by atoms with Gasteiger partial charge in [0.1, 0.15) is 12.7 Å². The Bertz CT molecular complexity index is 660. The van der Waals surface area contributed by atoms with Gasteiger partial charge in [0.25, 0.3) is 0 Å². The largest absolute Gasteiger partial charge is 0.324 e. The second-order valence-corrected chi connectivity index (χ2v) is 6.10. The van der Waals surface area contributed by atoms with Gasteiger partial charge < -0.3 is 10.6 Å². The molecule has 2 N–H and O–H groups in total. The first-order valence-electron chi connectivity index (χ1n) is 7.60. The minimum Gasteiger partial charge on any atom is -0.324 e. The highest BCUT2D eigenvalue weighted by Crippen LogP contribution is 2.58. The molecular weight excluding hydrogens is 280 g/mol. The third-order valence-corrected chi connectivity index (χ3v) is 4.77. The molecule has 7 nitrogen and oxygen atoms in total. The lowest BCUT2D eigenvalue weighted by Crippen LogP contribution is -2.31. The lowest BCUT2D eigenvalue weighted by atomic mass is 9.92. The first-order valence-corrected chi connectivity index (χ1v) is 7.60. The number of rotatable bonds is 3. The van der Waals surface area contributed by atoms with Crippen molar-refractivity contribution in [1.82, 2.24) is 25.1 Å². The van der Waals surface area contributed by atoms with Gasteiger partial charge in [-0.3, -0.25) is 4.79 Å². The minimum atomic E-state index is 0.122. The number of aromatic nitrogens is 4. The number of carbonyl (C=O) groups excluding carboxylic acids is 1. The van der Waals surface area contributed by atoms with E-state index in [9.17, 15) is 4.79 Å². The summed E-state index contributed by atoms with van der Waals surface area (Å²) in [5.74, 6) is 0.957. The van der Waals surface area contributed by atoms with Gasteiger partial charge in [0.05, 0.1) is 11.9 Å². The van der Waals surface area contributed by atoms with Crippen LogP contribution in [0.25, 0.3) is 5.82 Å². The van der Waals surface area contributed by atoms with Crippen LogP contribution in [0.15, 0.2) is 31.0 Å². The van der Waals surface area contributed by atoms with E-state index in [-0.39, 0.29) is 17.2 Å². The van der Waals surface area contributed by atoms with E-state index in [0.29, 0.717) is 5.82 Å². The van der Waals surface area contributed by atoms with Crippen LogP contribution in [0.2, 0.25) is 0 Å². The molecule has 4 rings (SSSR count). The van der Waals surface area contributed by atoms with Crippen LogP contribution in [0.3, 0.4) is 0 Å². The summed E-state index contributed by atoms with van der Waals surface area (Å²) in [6.45, 7) is 2.05. The SMILES string of the molecule is O=C(Nc1ccc(-n2cncn2)nc1)C1CC12CCNCC2. The second kappa shape index (κ2) is 5.17. The molecule has 7 heteroatoms. The van der Waals surface area contributed by atoms with Gasteiger partial charge in [0.2, 0.25) is 5.91 Å². The molecule has 2 aromatic rings. The van der Waals surface area contributed by atoms with Crippen molar-refractivity contribution in [2.45, 2.75) is 19.3 Å². The van der Waals surface area contributed by atoms with Crippen LogP contribution >= 0.6 is 0 Å². The van der Waals surface area contributed by atoms with Crippen LogP contribution in [-0.2, 0) is 4.79 Å². The number of nitrogens with zero attached hydrogens (tertiary/aromatic N) is 4. The average Bonchev–Trinajstić information content (AvgIpc) is 3.00. The van der Waals surface area contributed by atoms with Gasteiger partial charge in [-0.05, 0) is 49.9 Å². The number of pyridine rings is 1. The third kappa shape index (κ3) is 2.37. The number of carbonyl (C=O) groups is 1. The lowest BCUT2D eigenvalue weighted by molar-refractivity contribution is -0.118. The maximum atomic E-state index is 12.4. The molecule has 1 atom stereocenters. The number of anilines is 1. The topological polar surface area (TPSA) is 84.7 Å². The van der Waals surface area contributed by atoms with Crippen LogP contribution in [0.1, 0.15) is 19.3 Å². The summed E-state index contributed by atoms with van der Waals surface area (Å²) in [6, 6.07) is 3.66. The maximum absolute atomic E-state index is 12.4. The summed E-state index contributed by atoms with van der Waals surface area (Å²) < 4.78 is 1.58. The summed E-state index contributed by atoms with van der Waals surface area (Å²) in [7, 11) is 0. The highest BCUT2D eigenvalue weighted by Gasteiger charge is 2.57. The van der Waals surface area contributed by atoms with Gasteiger partial charge >= 0.3 is 0 Å². The van der Waals surface area contributed by atoms with Crippen LogP contribution in [0.4, 0.5) is 5.69 Å². The van der Waals surface area contributed by atoms with E-state index in [1.54, 1.807) is 17.2 Å². The predicted octanol–water partition coefficient (Wildman–Crippen LogP) is 0.990. The van der Waals surface area contributed by atoms with Gasteiger partial charge in [0, 0.05) is 5.92 Å². The maximum Gasteiger partial charge on any atom is 0.228 e. The fourth-order valence-electron chi connectivity index (χ4n) is 3.35. The predicted molar refractivity (Wildman–Crippen MR) is 80.4 cm³/mol. The van der Waals surface area contributed by atoms with E-state index in [1.165, 1.54) is 6.33 Å². The normalized spacial score (nSPS) is 22.5. The molecule has 1 aliphatic heterocycles. The Morgan fingerprint density at radius 3 is 2.91 bits per heavy atom. The molecule has 1 amide bonds. The van der Waals surface area contributed by atoms with Crippen molar-refractivity contribution in [3.63, 3.8) is 0 Å². The van der Waals surface area contributed by atoms with E-state index in [4.69, 9.17) is 0 Å². The summed E-state index contributed by atoms with van der Waals surface area (Å²) in [4.78, 5) is 20.6. The molecule has 114 valence electrons. The van der Waals surface area contributed by atoms with Gasteiger partial charge in [-0.1, -0.05) is 0 Å². The molecule has 22 heavy (non-hydrogen) atoms. The minimum absolute atomic E-state index is 0.122. The Labute approximate surface area is 128 Å². The average molecular weight is 298 g/mol. The van der Waals surface area contributed by atoms with Crippen LogP contribution in [0.5, 0.6) is 0 Å². The molecule has 2 aromatic heterocycles. The van der Waals surface area contributed by atoms with Crippen molar-refractivity contribution in [3.05, 3.63) is 31.0 Å². The standard InChI is InChI=1S/C15H18N6O/c22-14(12-7-15(12)3-5-16-6-4-15)20-11-1-2-13(18-8-11)21-10-17-9-19-21/h1-2,8-10,12,16H,3-7H2,(H,20,22). The number of hydrogen-bond donors (Lipinski definition) is 2. The van der Waals surface area contributed by atoms with Gasteiger partial charge in [-0.15, -0.1) is 0 Å². The molecule has 1 unspecified atom stereocenters. The number of piperidine rings is 1. The van der Waals surface area contributed by atoms with Crippen molar-refractivity contribution < 1.29 is 4.79 Å². The third-order valence-electron chi connectivity index (χ3n) is 4.77. The molecule has 2 aliphatic rings. The Kier molecular flexibility index (Phi) is 3.15. The summed E-state index contributed by atoms with van der Waals surface area (Å²) in [5.41, 5.74) is 0.980. The van der Waals surface area contributed by atoms with E-state index in [0.717, 1.165) is 38.0 Å². The lowest BCUT2D eigenvalue weighted by Gasteiger charge is -2.23. The molecule has 0 bridgehead atoms. The van der Waals surface area contributed by atoms with Gasteiger partial charge in [-0.2, -0.15) is 5.10 Å². The van der Waals surface area contributed by atoms with Gasteiger partial charge in [0.15, 0.2) is 5.82 Å². The molecule has 1 saturated heterocycles. The Balaban J connectivity index is 1.40. The van der Waals surface area contributed by atoms with Crippen molar-refractivity contribution in [3.8, 4) is 5.82 Å². The molecule has 1 saturated carbocycles. The summed E-state index contributed by atoms with van der Waals surface area (Å²) in [5, 5.41) is 10.4. The van der Waals surface area contributed by atoms with Crippen molar-refractivity contribution in [1.29, 1.82) is 0 Å². The Hall–Kier alpha value is -2.28. The zero-order valence-corrected chi connectivity index (χ0v) is 12.2. The number of nitrogens with one attached hydrogen (secondary N) is 2. The fourth-order valence-corrected chi connectivity index (χ4v) is 3.35. The molecule has 3 heterocycles. The molecular formula is C15H18N6O. The highest BCUT2D eigenvalue weighted by atomic mass is 16.2. The first-order chi connectivity index (χ1) is 10.8. The van der Waals surface area contributed by atoms with Crippen molar-refractivity contribution in [2.24, 2.45) is 11.3 Å².